The predicted octanol–water partition coefficient (Wildman–Crippen LogP) is 12.8. The van der Waals surface area contributed by atoms with Crippen molar-refractivity contribution in [2.24, 2.45) is 0 Å². The molecule has 0 aromatic heterocycles. The summed E-state index contributed by atoms with van der Waals surface area (Å²) in [4.78, 5) is 0. The molecule has 0 aliphatic carbocycles. The van der Waals surface area contributed by atoms with Gasteiger partial charge in [-0.2, -0.15) is 0 Å². The normalized spacial score (nSPS) is 26.5. The van der Waals surface area contributed by atoms with Gasteiger partial charge in [-0.3, -0.25) is 0 Å². The minimum Gasteiger partial charge on any atom is -0.374 e. The van der Waals surface area contributed by atoms with Crippen LogP contribution in [0.3, 0.4) is 0 Å². The summed E-state index contributed by atoms with van der Waals surface area (Å²) in [6, 6.07) is 89.4. The topological polar surface area (TPSA) is 168 Å². The maximum Gasteiger partial charge on any atom is 0.187 e. The van der Waals surface area contributed by atoms with Crippen molar-refractivity contribution < 1.29 is 80.9 Å². The molecule has 9 aromatic carbocycles. The lowest BCUT2D eigenvalue weighted by atomic mass is 10.1. The number of aliphatic hydroxyl groups excluding tert-OH is 1. The minimum atomic E-state index is -1.34. The second kappa shape index (κ2) is 37.3. The van der Waals surface area contributed by atoms with E-state index < -0.39 is 98.4 Å². The van der Waals surface area contributed by atoms with Gasteiger partial charge in [0.05, 0.1) is 85.9 Å². The third-order valence-corrected chi connectivity index (χ3v) is 18.0. The highest BCUT2D eigenvalue weighted by Gasteiger charge is 2.56. The average Bonchev–Trinajstić information content (AvgIpc) is 1.64. The third-order valence-electron chi connectivity index (χ3n) is 18.0. The molecule has 17 nitrogen and oxygen atoms in total. The number of aliphatic hydroxyl groups is 1. The van der Waals surface area contributed by atoms with E-state index in [0.717, 1.165) is 50.1 Å². The van der Waals surface area contributed by atoms with E-state index in [9.17, 15) is 5.11 Å². The fourth-order valence-electron chi connectivity index (χ4n) is 12.8. The molecule has 9 aromatic rings. The van der Waals surface area contributed by atoms with Crippen molar-refractivity contribution in [3.63, 3.8) is 0 Å². The standard InChI is InChI=1S/C83H88O17/c84-80-76(91-52-65-40-22-7-23-41-65)72(87-48-61-32-14-3-15-33-61)70(96-80)57-94-81-77(92-53-66-42-24-8-25-43-66)74(89-50-63-36-18-5-19-37-63)71(98-81)58-95-82-79(75(90-51-64-38-20-6-21-39-64)69(97-82)56-86-47-60-30-12-2-13-31-60)100-83-78(93-54-67-44-26-9-27-45-67)73(88-49-62-34-16-4-17-35-62)68(99-83)55-85-46-59-28-10-1-11-29-59/h1-45,68-84H,46-58H2/t68-,69-,70-,71-,72-,73-,74-,75-,76+,77+,78+,79+,80+,81+,82+,83+/m1/s1. The molecule has 0 spiro atoms. The van der Waals surface area contributed by atoms with Crippen LogP contribution in [0.2, 0.25) is 0 Å². The van der Waals surface area contributed by atoms with Gasteiger partial charge in [-0.25, -0.2) is 0 Å². The van der Waals surface area contributed by atoms with Crippen LogP contribution in [0, 0.1) is 0 Å². The van der Waals surface area contributed by atoms with Gasteiger partial charge >= 0.3 is 0 Å². The summed E-state index contributed by atoms with van der Waals surface area (Å²) in [5.74, 6) is 0. The van der Waals surface area contributed by atoms with Crippen molar-refractivity contribution in [3.8, 4) is 0 Å². The number of benzene rings is 9. The maximum atomic E-state index is 11.6. The SMILES string of the molecule is O[C@H]1O[C@H](CO[C@H]2O[C@H](CO[C@H]3O[C@H](COCc4ccccc4)[C@@H](OCc4ccccc4)[C@@H]3O[C@@H]3O[C@H](COCc4ccccc4)[C@@H](OCc4ccccc4)[C@@H]3OCc3ccccc3)[C@@H](OCc3ccccc3)[C@@H]2OCc2ccccc2)[C@@H](OCc2ccccc2)[C@@H]1OCc1ccccc1. The molecule has 4 saturated heterocycles. The van der Waals surface area contributed by atoms with E-state index in [-0.39, 0.29) is 72.7 Å². The van der Waals surface area contributed by atoms with Crippen LogP contribution >= 0.6 is 0 Å². The minimum absolute atomic E-state index is 0.0907. The summed E-state index contributed by atoms with van der Waals surface area (Å²) in [5, 5.41) is 11.6. The first-order valence-corrected chi connectivity index (χ1v) is 34.5. The van der Waals surface area contributed by atoms with Crippen LogP contribution in [0.1, 0.15) is 50.1 Å². The molecule has 100 heavy (non-hydrogen) atoms. The van der Waals surface area contributed by atoms with Crippen molar-refractivity contribution in [3.05, 3.63) is 323 Å². The molecule has 4 heterocycles. The Morgan fingerprint density at radius 3 is 0.750 bits per heavy atom. The largest absolute Gasteiger partial charge is 0.374 e. The van der Waals surface area contributed by atoms with E-state index in [4.69, 9.17) is 75.8 Å². The Morgan fingerprint density at radius 2 is 0.430 bits per heavy atom. The van der Waals surface area contributed by atoms with Crippen molar-refractivity contribution in [2.75, 3.05) is 26.4 Å². The van der Waals surface area contributed by atoms with E-state index in [1.54, 1.807) is 0 Å². The Hall–Kier alpha value is -7.70. The van der Waals surface area contributed by atoms with E-state index >= 15 is 0 Å². The quantitative estimate of drug-likeness (QED) is 0.0390. The lowest BCUT2D eigenvalue weighted by molar-refractivity contribution is -0.262. The number of ether oxygens (including phenoxy) is 16. The molecule has 0 amide bonds. The first-order chi connectivity index (χ1) is 49.5. The molecule has 522 valence electrons. The summed E-state index contributed by atoms with van der Waals surface area (Å²) >= 11 is 0. The first-order valence-electron chi connectivity index (χ1n) is 34.5. The fourth-order valence-corrected chi connectivity index (χ4v) is 12.8. The zero-order chi connectivity index (χ0) is 67.8. The monoisotopic (exact) mass is 1360 g/mol. The summed E-state index contributed by atoms with van der Waals surface area (Å²) in [6.07, 6.45) is -14.3. The summed E-state index contributed by atoms with van der Waals surface area (Å²) < 4.78 is 110. The van der Waals surface area contributed by atoms with Gasteiger partial charge in [0.25, 0.3) is 0 Å². The fraction of sp³-hybridized carbons (Fsp3) is 0.349. The van der Waals surface area contributed by atoms with E-state index in [1.807, 2.05) is 273 Å². The first kappa shape index (κ1) is 70.7. The molecule has 4 aliphatic rings. The molecule has 1 N–H and O–H groups in total. The Labute approximate surface area is 585 Å². The van der Waals surface area contributed by atoms with Crippen LogP contribution in [-0.4, -0.2) is 130 Å². The number of hydrogen-bond donors (Lipinski definition) is 1. The molecule has 4 aliphatic heterocycles. The van der Waals surface area contributed by atoms with E-state index in [0.29, 0.717) is 13.2 Å². The Bertz CT molecular complexity index is 3710. The molecule has 4 fully saturated rings. The second-order valence-electron chi connectivity index (χ2n) is 25.3. The van der Waals surface area contributed by atoms with Gasteiger partial charge in [-0.1, -0.05) is 273 Å². The van der Waals surface area contributed by atoms with Gasteiger partial charge < -0.3 is 80.9 Å². The molecular weight excluding hydrogens is 1270 g/mol. The third kappa shape index (κ3) is 20.1. The molecule has 17 heteroatoms. The van der Waals surface area contributed by atoms with Crippen LogP contribution in [0.4, 0.5) is 0 Å². The van der Waals surface area contributed by atoms with Gasteiger partial charge in [0.2, 0.25) is 0 Å². The summed E-state index contributed by atoms with van der Waals surface area (Å²) in [6.45, 7) is 2.24. The summed E-state index contributed by atoms with van der Waals surface area (Å²) in [7, 11) is 0. The summed E-state index contributed by atoms with van der Waals surface area (Å²) in [5.41, 5.74) is 8.60. The van der Waals surface area contributed by atoms with Crippen LogP contribution < -0.4 is 0 Å². The smallest absolute Gasteiger partial charge is 0.187 e. The predicted molar refractivity (Wildman–Crippen MR) is 371 cm³/mol. The van der Waals surface area contributed by atoms with Crippen LogP contribution in [0.15, 0.2) is 273 Å². The second-order valence-corrected chi connectivity index (χ2v) is 25.3. The van der Waals surface area contributed by atoms with E-state index in [2.05, 4.69) is 0 Å². The molecular formula is C83H88O17. The van der Waals surface area contributed by atoms with Crippen LogP contribution in [-0.2, 0) is 135 Å². The average molecular weight is 1360 g/mol. The Morgan fingerprint density at radius 1 is 0.210 bits per heavy atom. The maximum absolute atomic E-state index is 11.6. The van der Waals surface area contributed by atoms with Crippen molar-refractivity contribution in [1.82, 2.24) is 0 Å². The highest BCUT2D eigenvalue weighted by atomic mass is 16.8. The number of rotatable bonds is 37. The van der Waals surface area contributed by atoms with Crippen molar-refractivity contribution >= 4 is 0 Å². The zero-order valence-electron chi connectivity index (χ0n) is 55.9. The van der Waals surface area contributed by atoms with Crippen LogP contribution in [0.5, 0.6) is 0 Å². The van der Waals surface area contributed by atoms with Gasteiger partial charge in [-0.05, 0) is 50.1 Å². The van der Waals surface area contributed by atoms with Crippen molar-refractivity contribution in [1.29, 1.82) is 0 Å². The van der Waals surface area contributed by atoms with Crippen molar-refractivity contribution in [2.45, 2.75) is 158 Å². The molecule has 16 atom stereocenters. The van der Waals surface area contributed by atoms with E-state index in [1.165, 1.54) is 0 Å². The van der Waals surface area contributed by atoms with Gasteiger partial charge in [0.1, 0.15) is 73.2 Å². The van der Waals surface area contributed by atoms with Gasteiger partial charge in [0, 0.05) is 0 Å². The Kier molecular flexibility index (Phi) is 26.4. The zero-order valence-corrected chi connectivity index (χ0v) is 55.9. The van der Waals surface area contributed by atoms with Crippen LogP contribution in [0.25, 0.3) is 0 Å². The molecule has 0 radical (unpaired) electrons. The van der Waals surface area contributed by atoms with Gasteiger partial charge in [0.15, 0.2) is 25.2 Å². The molecule has 13 rings (SSSR count). The lowest BCUT2D eigenvalue weighted by Gasteiger charge is -2.30. The highest BCUT2D eigenvalue weighted by molar-refractivity contribution is 5.20. The Balaban J connectivity index is 0.816. The molecule has 0 bridgehead atoms. The number of hydrogen-bond acceptors (Lipinski definition) is 17. The lowest BCUT2D eigenvalue weighted by Crippen LogP contribution is -2.46. The van der Waals surface area contributed by atoms with Gasteiger partial charge in [-0.15, -0.1) is 0 Å². The molecule has 0 saturated carbocycles. The molecule has 0 unspecified atom stereocenters. The highest BCUT2D eigenvalue weighted by Crippen LogP contribution is 2.39.